The van der Waals surface area contributed by atoms with Crippen LogP contribution in [0.15, 0.2) is 42.5 Å². The van der Waals surface area contributed by atoms with Crippen LogP contribution in [0.5, 0.6) is 0 Å². The van der Waals surface area contributed by atoms with Crippen molar-refractivity contribution in [2.45, 2.75) is 39.3 Å². The number of hydrogen-bond donors (Lipinski definition) is 1. The molecule has 2 amide bonds. The number of nitrogens with one attached hydrogen (secondary N) is 1. The van der Waals surface area contributed by atoms with Crippen molar-refractivity contribution in [2.75, 3.05) is 23.7 Å². The van der Waals surface area contributed by atoms with Crippen LogP contribution in [0.3, 0.4) is 0 Å². The van der Waals surface area contributed by atoms with Crippen LogP contribution in [0.1, 0.15) is 32.3 Å². The molecule has 0 aliphatic heterocycles. The summed E-state index contributed by atoms with van der Waals surface area (Å²) in [5.74, 6) is -2.51. The number of carbonyl (C=O) groups excluding carboxylic acids is 2. The van der Waals surface area contributed by atoms with Gasteiger partial charge in [-0.15, -0.1) is 0 Å². The molecule has 186 valence electrons. The standard InChI is InChI=1S/C23H28ClF2N3O4S/c1-4-5-12-27-23(31)16(2)28(14-17-8-6-7-9-20(17)25)22(30)15-29(34(3,32)33)18-10-11-21(26)19(24)13-18/h6-11,13,16H,4-5,12,14-15H2,1-3H3,(H,27,31)/t16-/m0/s1. The molecule has 0 fully saturated rings. The molecule has 0 heterocycles. The van der Waals surface area contributed by atoms with Gasteiger partial charge in [0.25, 0.3) is 0 Å². The maximum Gasteiger partial charge on any atom is 0.244 e. The number of halogens is 3. The van der Waals surface area contributed by atoms with E-state index < -0.39 is 46.1 Å². The number of benzene rings is 2. The van der Waals surface area contributed by atoms with Crippen molar-refractivity contribution < 1.29 is 26.8 Å². The SMILES string of the molecule is CCCCNC(=O)[C@H](C)N(Cc1ccccc1F)C(=O)CN(c1ccc(F)c(Cl)c1)S(C)(=O)=O. The highest BCUT2D eigenvalue weighted by Gasteiger charge is 2.30. The molecule has 0 aliphatic carbocycles. The predicted octanol–water partition coefficient (Wildman–Crippen LogP) is 3.72. The number of rotatable bonds is 11. The van der Waals surface area contributed by atoms with Crippen molar-refractivity contribution in [2.24, 2.45) is 0 Å². The van der Waals surface area contributed by atoms with Crippen molar-refractivity contribution in [1.29, 1.82) is 0 Å². The molecule has 0 aliphatic rings. The highest BCUT2D eigenvalue weighted by molar-refractivity contribution is 7.92. The molecule has 0 aromatic heterocycles. The number of nitrogens with zero attached hydrogens (tertiary/aromatic N) is 2. The van der Waals surface area contributed by atoms with E-state index in [0.717, 1.165) is 40.4 Å². The zero-order valence-corrected chi connectivity index (χ0v) is 20.8. The lowest BCUT2D eigenvalue weighted by Crippen LogP contribution is -2.51. The molecule has 0 saturated carbocycles. The van der Waals surface area contributed by atoms with Gasteiger partial charge in [0.2, 0.25) is 21.8 Å². The lowest BCUT2D eigenvalue weighted by Gasteiger charge is -2.31. The largest absolute Gasteiger partial charge is 0.354 e. The third-order valence-corrected chi connectivity index (χ3v) is 6.60. The Kier molecular flexibility index (Phi) is 9.81. The fraction of sp³-hybridized carbons (Fsp3) is 0.391. The Morgan fingerprint density at radius 3 is 2.38 bits per heavy atom. The maximum absolute atomic E-state index is 14.3. The summed E-state index contributed by atoms with van der Waals surface area (Å²) >= 11 is 5.80. The number of hydrogen-bond acceptors (Lipinski definition) is 4. The maximum atomic E-state index is 14.3. The molecule has 11 heteroatoms. The van der Waals surface area contributed by atoms with Gasteiger partial charge in [-0.3, -0.25) is 13.9 Å². The van der Waals surface area contributed by atoms with Crippen LogP contribution in [-0.4, -0.2) is 50.5 Å². The van der Waals surface area contributed by atoms with Crippen LogP contribution < -0.4 is 9.62 Å². The van der Waals surface area contributed by atoms with Gasteiger partial charge in [-0.05, 0) is 37.6 Å². The summed E-state index contributed by atoms with van der Waals surface area (Å²) in [6.45, 7) is 2.91. The van der Waals surface area contributed by atoms with Gasteiger partial charge >= 0.3 is 0 Å². The van der Waals surface area contributed by atoms with Crippen LogP contribution in [0.4, 0.5) is 14.5 Å². The van der Waals surface area contributed by atoms with Crippen LogP contribution in [-0.2, 0) is 26.2 Å². The van der Waals surface area contributed by atoms with E-state index in [0.29, 0.717) is 6.54 Å². The number of sulfonamides is 1. The van der Waals surface area contributed by atoms with Crippen molar-refractivity contribution in [3.05, 3.63) is 64.7 Å². The van der Waals surface area contributed by atoms with Crippen LogP contribution in [0, 0.1) is 11.6 Å². The Balaban J connectivity index is 2.38. The van der Waals surface area contributed by atoms with Gasteiger partial charge in [0.05, 0.1) is 17.0 Å². The zero-order chi connectivity index (χ0) is 25.5. The normalized spacial score (nSPS) is 12.2. The van der Waals surface area contributed by atoms with Gasteiger partial charge in [-0.2, -0.15) is 0 Å². The summed E-state index contributed by atoms with van der Waals surface area (Å²) in [7, 11) is -3.99. The Morgan fingerprint density at radius 2 is 1.79 bits per heavy atom. The number of anilines is 1. The van der Waals surface area contributed by atoms with Gasteiger partial charge < -0.3 is 10.2 Å². The van der Waals surface area contributed by atoms with Gasteiger partial charge in [0.1, 0.15) is 24.2 Å². The van der Waals surface area contributed by atoms with Crippen LogP contribution in [0.25, 0.3) is 0 Å². The molecule has 0 saturated heterocycles. The lowest BCUT2D eigenvalue weighted by molar-refractivity contribution is -0.139. The predicted molar refractivity (Wildman–Crippen MR) is 128 cm³/mol. The lowest BCUT2D eigenvalue weighted by atomic mass is 10.1. The molecule has 0 radical (unpaired) electrons. The van der Waals surface area contributed by atoms with Crippen molar-refractivity contribution in [3.63, 3.8) is 0 Å². The monoisotopic (exact) mass is 515 g/mol. The Hall–Kier alpha value is -2.72. The van der Waals surface area contributed by atoms with Gasteiger partial charge in [0.15, 0.2) is 0 Å². The fourth-order valence-corrected chi connectivity index (χ4v) is 4.20. The molecule has 2 aromatic rings. The van der Waals surface area contributed by atoms with E-state index in [9.17, 15) is 26.8 Å². The average Bonchev–Trinajstić information content (AvgIpc) is 2.77. The first-order valence-electron chi connectivity index (χ1n) is 10.7. The number of amides is 2. The van der Waals surface area contributed by atoms with Crippen molar-refractivity contribution in [1.82, 2.24) is 10.2 Å². The van der Waals surface area contributed by atoms with E-state index in [1.54, 1.807) is 6.07 Å². The van der Waals surface area contributed by atoms with E-state index in [-0.39, 0.29) is 22.8 Å². The summed E-state index contributed by atoms with van der Waals surface area (Å²) in [5.41, 5.74) is 0.146. The van der Waals surface area contributed by atoms with Crippen LogP contribution in [0.2, 0.25) is 5.02 Å². The fourth-order valence-electron chi connectivity index (χ4n) is 3.18. The van der Waals surface area contributed by atoms with E-state index in [1.165, 1.54) is 31.2 Å². The molecular formula is C23H28ClF2N3O4S. The van der Waals surface area contributed by atoms with E-state index in [2.05, 4.69) is 5.32 Å². The highest BCUT2D eigenvalue weighted by atomic mass is 35.5. The first kappa shape index (κ1) is 27.5. The molecule has 0 unspecified atom stereocenters. The number of carbonyl (C=O) groups is 2. The van der Waals surface area contributed by atoms with E-state index in [4.69, 9.17) is 11.6 Å². The molecule has 1 atom stereocenters. The minimum Gasteiger partial charge on any atom is -0.354 e. The molecule has 2 aromatic carbocycles. The van der Waals surface area contributed by atoms with Gasteiger partial charge in [0, 0.05) is 18.7 Å². The molecular weight excluding hydrogens is 488 g/mol. The van der Waals surface area contributed by atoms with E-state index >= 15 is 0 Å². The second kappa shape index (κ2) is 12.1. The molecule has 0 bridgehead atoms. The Bertz CT molecular complexity index is 1130. The zero-order valence-electron chi connectivity index (χ0n) is 19.2. The van der Waals surface area contributed by atoms with Crippen molar-refractivity contribution >= 4 is 39.1 Å². The quantitative estimate of drug-likeness (QED) is 0.462. The Morgan fingerprint density at radius 1 is 1.12 bits per heavy atom. The molecule has 0 spiro atoms. The smallest absolute Gasteiger partial charge is 0.244 e. The topological polar surface area (TPSA) is 86.8 Å². The summed E-state index contributed by atoms with van der Waals surface area (Å²) < 4.78 is 53.6. The average molecular weight is 516 g/mol. The second-order valence-corrected chi connectivity index (χ2v) is 10.1. The third kappa shape index (κ3) is 7.39. The summed E-state index contributed by atoms with van der Waals surface area (Å²) in [6, 6.07) is 8.04. The van der Waals surface area contributed by atoms with Gasteiger partial charge in [-0.1, -0.05) is 43.1 Å². The summed E-state index contributed by atoms with van der Waals surface area (Å²) in [4.78, 5) is 27.1. The first-order valence-corrected chi connectivity index (χ1v) is 12.9. The van der Waals surface area contributed by atoms with Crippen molar-refractivity contribution in [3.8, 4) is 0 Å². The minimum atomic E-state index is -3.99. The second-order valence-electron chi connectivity index (χ2n) is 7.80. The molecule has 2 rings (SSSR count). The highest BCUT2D eigenvalue weighted by Crippen LogP contribution is 2.25. The summed E-state index contributed by atoms with van der Waals surface area (Å²) in [5, 5.41) is 2.42. The summed E-state index contributed by atoms with van der Waals surface area (Å²) in [6.07, 6.45) is 2.49. The molecule has 1 N–H and O–H groups in total. The Labute approximate surface area is 203 Å². The number of unbranched alkanes of at least 4 members (excludes halogenated alkanes) is 1. The molecule has 34 heavy (non-hydrogen) atoms. The first-order chi connectivity index (χ1) is 16.0. The molecule has 7 nitrogen and oxygen atoms in total. The van der Waals surface area contributed by atoms with E-state index in [1.807, 2.05) is 6.92 Å². The van der Waals surface area contributed by atoms with Crippen LogP contribution >= 0.6 is 11.6 Å². The minimum absolute atomic E-state index is 0.0202. The van der Waals surface area contributed by atoms with Gasteiger partial charge in [-0.25, -0.2) is 17.2 Å². The third-order valence-electron chi connectivity index (χ3n) is 5.17.